The summed E-state index contributed by atoms with van der Waals surface area (Å²) in [6, 6.07) is 5.71. The van der Waals surface area contributed by atoms with E-state index in [0.29, 0.717) is 25.4 Å². The van der Waals surface area contributed by atoms with Gasteiger partial charge in [0.05, 0.1) is 6.61 Å². The number of carbonyl (C=O) groups is 3. The first kappa shape index (κ1) is 16.9. The van der Waals surface area contributed by atoms with E-state index < -0.39 is 17.9 Å². The number of amides is 3. The Bertz CT molecular complexity index is 588. The highest BCUT2D eigenvalue weighted by Crippen LogP contribution is 2.19. The van der Waals surface area contributed by atoms with Crippen LogP contribution in [0.15, 0.2) is 24.3 Å². The standard InChI is InChI=1S/C15H20N4O4/c1-2-17-13(14(16)21)15(22)18-10-3-5-11(6-4-10)19-7-8-23-9-12(19)20/h3-6,13,17H,2,7-9H2,1H3,(H2,16,21)(H,18,22)/t13-/m0/s1. The van der Waals surface area contributed by atoms with Crippen molar-refractivity contribution in [2.75, 3.05) is 36.5 Å². The highest BCUT2D eigenvalue weighted by atomic mass is 16.5. The number of rotatable bonds is 6. The van der Waals surface area contributed by atoms with Crippen molar-refractivity contribution < 1.29 is 19.1 Å². The van der Waals surface area contributed by atoms with Crippen molar-refractivity contribution in [3.8, 4) is 0 Å². The minimum atomic E-state index is -1.08. The maximum atomic E-state index is 12.0. The van der Waals surface area contributed by atoms with Crippen LogP contribution in [0.1, 0.15) is 6.92 Å². The summed E-state index contributed by atoms with van der Waals surface area (Å²) in [6.45, 7) is 3.28. The van der Waals surface area contributed by atoms with Crippen LogP contribution >= 0.6 is 0 Å². The van der Waals surface area contributed by atoms with E-state index in [1.807, 2.05) is 0 Å². The molecular formula is C15H20N4O4. The molecule has 3 amide bonds. The molecule has 1 saturated heterocycles. The number of primary amides is 1. The van der Waals surface area contributed by atoms with Gasteiger partial charge in [-0.25, -0.2) is 0 Å². The minimum absolute atomic E-state index is 0.0709. The molecule has 23 heavy (non-hydrogen) atoms. The number of nitrogens with two attached hydrogens (primary N) is 1. The van der Waals surface area contributed by atoms with Gasteiger partial charge in [-0.1, -0.05) is 6.92 Å². The predicted octanol–water partition coefficient (Wildman–Crippen LogP) is -0.548. The molecule has 1 aliphatic rings. The molecule has 1 heterocycles. The fourth-order valence-electron chi connectivity index (χ4n) is 2.26. The zero-order valence-corrected chi connectivity index (χ0v) is 12.9. The third-order valence-corrected chi connectivity index (χ3v) is 3.39. The van der Waals surface area contributed by atoms with Crippen LogP contribution in [-0.4, -0.2) is 50.1 Å². The van der Waals surface area contributed by atoms with Crippen LogP contribution in [0.3, 0.4) is 0 Å². The average molecular weight is 320 g/mol. The van der Waals surface area contributed by atoms with Gasteiger partial charge >= 0.3 is 0 Å². The van der Waals surface area contributed by atoms with E-state index in [4.69, 9.17) is 10.5 Å². The number of benzene rings is 1. The Hall–Kier alpha value is -2.45. The van der Waals surface area contributed by atoms with Crippen molar-refractivity contribution in [3.63, 3.8) is 0 Å². The topological polar surface area (TPSA) is 114 Å². The number of ether oxygens (including phenoxy) is 1. The van der Waals surface area contributed by atoms with Gasteiger partial charge in [0.25, 0.3) is 11.8 Å². The van der Waals surface area contributed by atoms with E-state index in [1.165, 1.54) is 0 Å². The van der Waals surface area contributed by atoms with Crippen LogP contribution in [0, 0.1) is 0 Å². The van der Waals surface area contributed by atoms with Gasteiger partial charge < -0.3 is 20.7 Å². The second-order valence-electron chi connectivity index (χ2n) is 5.03. The molecule has 0 spiro atoms. The summed E-state index contributed by atoms with van der Waals surface area (Å²) in [5.74, 6) is -1.36. The zero-order chi connectivity index (χ0) is 16.8. The molecule has 0 radical (unpaired) electrons. The molecule has 0 bridgehead atoms. The van der Waals surface area contributed by atoms with Gasteiger partial charge in [0.2, 0.25) is 5.91 Å². The number of nitrogens with zero attached hydrogens (tertiary/aromatic N) is 1. The number of morpholine rings is 1. The van der Waals surface area contributed by atoms with E-state index in [9.17, 15) is 14.4 Å². The molecule has 0 aromatic heterocycles. The van der Waals surface area contributed by atoms with Crippen LogP contribution in [0.25, 0.3) is 0 Å². The van der Waals surface area contributed by atoms with E-state index in [0.717, 1.165) is 5.69 Å². The highest BCUT2D eigenvalue weighted by Gasteiger charge is 2.23. The normalized spacial score (nSPS) is 16.0. The number of hydrogen-bond acceptors (Lipinski definition) is 5. The molecule has 1 aromatic rings. The van der Waals surface area contributed by atoms with Crippen molar-refractivity contribution >= 4 is 29.1 Å². The molecule has 124 valence electrons. The van der Waals surface area contributed by atoms with Crippen molar-refractivity contribution in [2.45, 2.75) is 13.0 Å². The Morgan fingerprint density at radius 3 is 2.61 bits per heavy atom. The van der Waals surface area contributed by atoms with Gasteiger partial charge in [-0.2, -0.15) is 0 Å². The van der Waals surface area contributed by atoms with Crippen molar-refractivity contribution in [1.29, 1.82) is 0 Å². The summed E-state index contributed by atoms with van der Waals surface area (Å²) in [7, 11) is 0. The summed E-state index contributed by atoms with van der Waals surface area (Å²) in [5, 5.41) is 5.34. The summed E-state index contributed by atoms with van der Waals surface area (Å²) < 4.78 is 5.08. The van der Waals surface area contributed by atoms with Gasteiger partial charge in [0.1, 0.15) is 6.61 Å². The largest absolute Gasteiger partial charge is 0.370 e. The quantitative estimate of drug-likeness (QED) is 0.609. The molecule has 1 aromatic carbocycles. The summed E-state index contributed by atoms with van der Waals surface area (Å²) >= 11 is 0. The molecular weight excluding hydrogens is 300 g/mol. The molecule has 0 saturated carbocycles. The number of carbonyl (C=O) groups excluding carboxylic acids is 3. The fraction of sp³-hybridized carbons (Fsp3) is 0.400. The van der Waals surface area contributed by atoms with Crippen LogP contribution < -0.4 is 21.3 Å². The first-order valence-corrected chi connectivity index (χ1v) is 7.34. The molecule has 1 atom stereocenters. The van der Waals surface area contributed by atoms with Gasteiger partial charge in [0, 0.05) is 17.9 Å². The molecule has 2 rings (SSSR count). The van der Waals surface area contributed by atoms with Gasteiger partial charge in [-0.05, 0) is 30.8 Å². The third-order valence-electron chi connectivity index (χ3n) is 3.39. The van der Waals surface area contributed by atoms with Gasteiger partial charge in [-0.3, -0.25) is 19.7 Å². The molecule has 1 aliphatic heterocycles. The first-order chi connectivity index (χ1) is 11.0. The molecule has 1 fully saturated rings. The van der Waals surface area contributed by atoms with Gasteiger partial charge in [-0.15, -0.1) is 0 Å². The maximum absolute atomic E-state index is 12.0. The average Bonchev–Trinajstić information content (AvgIpc) is 2.53. The first-order valence-electron chi connectivity index (χ1n) is 7.34. The fourth-order valence-corrected chi connectivity index (χ4v) is 2.26. The minimum Gasteiger partial charge on any atom is -0.370 e. The number of likely N-dealkylation sites (N-methyl/N-ethyl adjacent to an activating group) is 1. The van der Waals surface area contributed by atoms with Crippen LogP contribution in [-0.2, 0) is 19.1 Å². The molecule has 0 aliphatic carbocycles. The van der Waals surface area contributed by atoms with E-state index in [-0.39, 0.29) is 12.5 Å². The van der Waals surface area contributed by atoms with E-state index in [1.54, 1.807) is 36.1 Å². The molecule has 8 nitrogen and oxygen atoms in total. The van der Waals surface area contributed by atoms with Crippen LogP contribution in [0.4, 0.5) is 11.4 Å². The summed E-state index contributed by atoms with van der Waals surface area (Å²) in [5.41, 5.74) is 6.44. The Kier molecular flexibility index (Phi) is 5.67. The van der Waals surface area contributed by atoms with Crippen molar-refractivity contribution in [2.24, 2.45) is 5.73 Å². The van der Waals surface area contributed by atoms with Crippen LogP contribution in [0.5, 0.6) is 0 Å². The lowest BCUT2D eigenvalue weighted by molar-refractivity contribution is -0.128. The Labute approximate surface area is 134 Å². The summed E-state index contributed by atoms with van der Waals surface area (Å²) in [6.07, 6.45) is 0. The predicted molar refractivity (Wildman–Crippen MR) is 84.9 cm³/mol. The van der Waals surface area contributed by atoms with E-state index in [2.05, 4.69) is 10.6 Å². The highest BCUT2D eigenvalue weighted by molar-refractivity contribution is 6.09. The van der Waals surface area contributed by atoms with E-state index >= 15 is 0 Å². The van der Waals surface area contributed by atoms with Crippen LogP contribution in [0.2, 0.25) is 0 Å². The second-order valence-corrected chi connectivity index (χ2v) is 5.03. The number of anilines is 2. The Balaban J connectivity index is 2.03. The lowest BCUT2D eigenvalue weighted by Crippen LogP contribution is -2.49. The molecule has 0 unspecified atom stereocenters. The third kappa shape index (κ3) is 4.27. The number of hydrogen-bond donors (Lipinski definition) is 3. The molecule has 4 N–H and O–H groups in total. The monoisotopic (exact) mass is 320 g/mol. The second kappa shape index (κ2) is 7.70. The Morgan fingerprint density at radius 1 is 1.35 bits per heavy atom. The zero-order valence-electron chi connectivity index (χ0n) is 12.9. The lowest BCUT2D eigenvalue weighted by Gasteiger charge is -2.27. The van der Waals surface area contributed by atoms with Crippen molar-refractivity contribution in [3.05, 3.63) is 24.3 Å². The number of nitrogens with one attached hydrogen (secondary N) is 2. The lowest BCUT2D eigenvalue weighted by atomic mass is 10.2. The smallest absolute Gasteiger partial charge is 0.253 e. The SMILES string of the molecule is CCN[C@@H](C(N)=O)C(=O)Nc1ccc(N2CCOCC2=O)cc1. The maximum Gasteiger partial charge on any atom is 0.253 e. The van der Waals surface area contributed by atoms with Crippen molar-refractivity contribution in [1.82, 2.24) is 5.32 Å². The van der Waals surface area contributed by atoms with Gasteiger partial charge in [0.15, 0.2) is 6.04 Å². The summed E-state index contributed by atoms with van der Waals surface area (Å²) in [4.78, 5) is 36.7. The Morgan fingerprint density at radius 2 is 2.04 bits per heavy atom. The molecule has 8 heteroatoms.